The predicted molar refractivity (Wildman–Crippen MR) is 82.2 cm³/mol. The van der Waals surface area contributed by atoms with Crippen LogP contribution in [0.5, 0.6) is 0 Å². The third kappa shape index (κ3) is 4.43. The van der Waals surface area contributed by atoms with E-state index in [0.29, 0.717) is 39.3 Å². The first-order valence-electron chi connectivity index (χ1n) is 8.37. The Balaban J connectivity index is 1.74. The number of rotatable bonds is 6. The number of likely N-dealkylation sites (tertiary alicyclic amines) is 1. The molecule has 0 aliphatic carbocycles. The highest BCUT2D eigenvalue weighted by molar-refractivity contribution is 5.78. The molecule has 6 nitrogen and oxygen atoms in total. The smallest absolute Gasteiger partial charge is 0.224 e. The van der Waals surface area contributed by atoms with Crippen molar-refractivity contribution in [2.45, 2.75) is 51.7 Å². The quantitative estimate of drug-likeness (QED) is 0.744. The van der Waals surface area contributed by atoms with E-state index in [0.717, 1.165) is 32.2 Å². The van der Waals surface area contributed by atoms with Gasteiger partial charge in [0.25, 0.3) is 0 Å². The molecule has 0 aromatic heterocycles. The average Bonchev–Trinajstić information content (AvgIpc) is 2.95. The molecule has 2 aliphatic rings. The Hall–Kier alpha value is -1.14. The molecule has 0 radical (unpaired) electrons. The number of ether oxygens (including phenoxy) is 2. The number of carbonyl (C=O) groups is 2. The predicted octanol–water partition coefficient (Wildman–Crippen LogP) is 1.39. The van der Waals surface area contributed by atoms with Crippen LogP contribution in [0.25, 0.3) is 0 Å². The summed E-state index contributed by atoms with van der Waals surface area (Å²) in [6, 6.07) is 0. The van der Waals surface area contributed by atoms with Gasteiger partial charge >= 0.3 is 0 Å². The number of hydrogen-bond donors (Lipinski definition) is 0. The van der Waals surface area contributed by atoms with E-state index in [1.807, 2.05) is 4.90 Å². The lowest BCUT2D eigenvalue weighted by molar-refractivity contribution is -0.187. The summed E-state index contributed by atoms with van der Waals surface area (Å²) in [6.45, 7) is 7.58. The molecule has 6 heteroatoms. The van der Waals surface area contributed by atoms with Crippen molar-refractivity contribution in [1.82, 2.24) is 9.80 Å². The first-order chi connectivity index (χ1) is 10.6. The summed E-state index contributed by atoms with van der Waals surface area (Å²) in [6.07, 6.45) is 3.91. The van der Waals surface area contributed by atoms with Crippen LogP contribution in [0.15, 0.2) is 0 Å². The van der Waals surface area contributed by atoms with Gasteiger partial charge in [-0.05, 0) is 6.42 Å². The molecular formula is C16H28N2O4. The summed E-state index contributed by atoms with van der Waals surface area (Å²) >= 11 is 0. The van der Waals surface area contributed by atoms with E-state index in [1.165, 1.54) is 0 Å². The minimum atomic E-state index is -0.441. The lowest BCUT2D eigenvalue weighted by atomic mass is 10.0. The first kappa shape index (κ1) is 17.2. The van der Waals surface area contributed by atoms with Gasteiger partial charge in [-0.25, -0.2) is 0 Å². The molecule has 22 heavy (non-hydrogen) atoms. The van der Waals surface area contributed by atoms with Crippen LogP contribution in [0.4, 0.5) is 0 Å². The maximum atomic E-state index is 12.3. The Morgan fingerprint density at radius 3 is 2.32 bits per heavy atom. The van der Waals surface area contributed by atoms with Gasteiger partial charge in [0.1, 0.15) is 0 Å². The van der Waals surface area contributed by atoms with Crippen molar-refractivity contribution in [3.05, 3.63) is 0 Å². The van der Waals surface area contributed by atoms with Gasteiger partial charge < -0.3 is 19.3 Å². The second-order valence-corrected chi connectivity index (χ2v) is 6.10. The molecular weight excluding hydrogens is 284 g/mol. The molecule has 2 amide bonds. The summed E-state index contributed by atoms with van der Waals surface area (Å²) in [7, 11) is 0. The van der Waals surface area contributed by atoms with Crippen LogP contribution in [0.1, 0.15) is 46.0 Å². The summed E-state index contributed by atoms with van der Waals surface area (Å²) in [4.78, 5) is 27.5. The highest BCUT2D eigenvalue weighted by Crippen LogP contribution is 2.31. The lowest BCUT2D eigenvalue weighted by Gasteiger charge is -2.37. The number of hydrogen-bond acceptors (Lipinski definition) is 4. The molecule has 0 atom stereocenters. The van der Waals surface area contributed by atoms with Crippen molar-refractivity contribution >= 4 is 11.8 Å². The molecule has 2 fully saturated rings. The minimum Gasteiger partial charge on any atom is -0.347 e. The second-order valence-electron chi connectivity index (χ2n) is 6.10. The molecule has 2 aliphatic heterocycles. The topological polar surface area (TPSA) is 59.1 Å². The fourth-order valence-electron chi connectivity index (χ4n) is 3.05. The fourth-order valence-corrected chi connectivity index (χ4v) is 3.05. The molecule has 0 N–H and O–H groups in total. The minimum absolute atomic E-state index is 0.0478. The molecule has 126 valence electrons. The molecule has 2 saturated heterocycles. The van der Waals surface area contributed by atoms with E-state index < -0.39 is 5.79 Å². The zero-order valence-electron chi connectivity index (χ0n) is 13.8. The summed E-state index contributed by atoms with van der Waals surface area (Å²) in [5.41, 5.74) is 0. The molecule has 2 heterocycles. The highest BCUT2D eigenvalue weighted by Gasteiger charge is 2.40. The Morgan fingerprint density at radius 1 is 1.14 bits per heavy atom. The van der Waals surface area contributed by atoms with E-state index >= 15 is 0 Å². The van der Waals surface area contributed by atoms with Gasteiger partial charge in [-0.3, -0.25) is 9.59 Å². The van der Waals surface area contributed by atoms with E-state index in [-0.39, 0.29) is 11.8 Å². The van der Waals surface area contributed by atoms with Crippen molar-refractivity contribution in [3.63, 3.8) is 0 Å². The fraction of sp³-hybridized carbons (Fsp3) is 0.875. The third-order valence-electron chi connectivity index (χ3n) is 4.51. The zero-order valence-corrected chi connectivity index (χ0v) is 13.8. The van der Waals surface area contributed by atoms with Gasteiger partial charge in [0.15, 0.2) is 5.79 Å². The number of amides is 2. The van der Waals surface area contributed by atoms with Gasteiger partial charge in [-0.1, -0.05) is 13.3 Å². The van der Waals surface area contributed by atoms with Crippen LogP contribution in [-0.4, -0.2) is 66.8 Å². The molecule has 2 rings (SSSR count). The standard InChI is InChI=1S/C16H28N2O4/c1-3-4-8-17(14(2)19)9-5-15(20)18-10-6-16(7-11-18)21-12-13-22-16/h3-13H2,1-2H3. The van der Waals surface area contributed by atoms with Gasteiger partial charge in [-0.15, -0.1) is 0 Å². The molecule has 0 saturated carbocycles. The molecule has 0 aromatic carbocycles. The van der Waals surface area contributed by atoms with Crippen molar-refractivity contribution in [2.24, 2.45) is 0 Å². The van der Waals surface area contributed by atoms with Crippen molar-refractivity contribution in [3.8, 4) is 0 Å². The maximum absolute atomic E-state index is 12.3. The monoisotopic (exact) mass is 312 g/mol. The van der Waals surface area contributed by atoms with Crippen LogP contribution in [-0.2, 0) is 19.1 Å². The maximum Gasteiger partial charge on any atom is 0.224 e. The molecule has 0 bridgehead atoms. The van der Waals surface area contributed by atoms with Crippen LogP contribution >= 0.6 is 0 Å². The van der Waals surface area contributed by atoms with Crippen LogP contribution in [0.2, 0.25) is 0 Å². The number of nitrogens with zero attached hydrogens (tertiary/aromatic N) is 2. The molecule has 0 aromatic rings. The molecule has 0 unspecified atom stereocenters. The second kappa shape index (κ2) is 7.92. The van der Waals surface area contributed by atoms with Crippen molar-refractivity contribution in [2.75, 3.05) is 39.4 Å². The lowest BCUT2D eigenvalue weighted by Crippen LogP contribution is -2.48. The third-order valence-corrected chi connectivity index (χ3v) is 4.51. The van der Waals surface area contributed by atoms with E-state index in [1.54, 1.807) is 11.8 Å². The summed E-state index contributed by atoms with van der Waals surface area (Å²) in [5, 5.41) is 0. The Labute approximate surface area is 132 Å². The molecule has 1 spiro atoms. The summed E-state index contributed by atoms with van der Waals surface area (Å²) < 4.78 is 11.3. The van der Waals surface area contributed by atoms with Gasteiger partial charge in [-0.2, -0.15) is 0 Å². The van der Waals surface area contributed by atoms with E-state index in [9.17, 15) is 9.59 Å². The summed E-state index contributed by atoms with van der Waals surface area (Å²) in [5.74, 6) is -0.272. The van der Waals surface area contributed by atoms with E-state index in [4.69, 9.17) is 9.47 Å². The number of carbonyl (C=O) groups excluding carboxylic acids is 2. The Bertz CT molecular complexity index is 384. The SMILES string of the molecule is CCCCN(CCC(=O)N1CCC2(CC1)OCCO2)C(C)=O. The van der Waals surface area contributed by atoms with Gasteiger partial charge in [0, 0.05) is 52.4 Å². The Morgan fingerprint density at radius 2 is 1.77 bits per heavy atom. The van der Waals surface area contributed by atoms with Gasteiger partial charge in [0.2, 0.25) is 11.8 Å². The van der Waals surface area contributed by atoms with Crippen LogP contribution in [0, 0.1) is 0 Å². The normalized spacial score (nSPS) is 20.4. The average molecular weight is 312 g/mol. The number of unbranched alkanes of at least 4 members (excludes halogenated alkanes) is 1. The van der Waals surface area contributed by atoms with Crippen molar-refractivity contribution in [1.29, 1.82) is 0 Å². The Kier molecular flexibility index (Phi) is 6.20. The first-order valence-corrected chi connectivity index (χ1v) is 8.37. The van der Waals surface area contributed by atoms with Crippen LogP contribution in [0.3, 0.4) is 0 Å². The van der Waals surface area contributed by atoms with E-state index in [2.05, 4.69) is 6.92 Å². The van der Waals surface area contributed by atoms with Gasteiger partial charge in [0.05, 0.1) is 13.2 Å². The van der Waals surface area contributed by atoms with Crippen LogP contribution < -0.4 is 0 Å². The largest absolute Gasteiger partial charge is 0.347 e. The van der Waals surface area contributed by atoms with Crippen molar-refractivity contribution < 1.29 is 19.1 Å². The number of piperidine rings is 1. The highest BCUT2D eigenvalue weighted by atomic mass is 16.7. The zero-order chi connectivity index (χ0) is 16.0.